The molecule has 26 heavy (non-hydrogen) atoms. The Bertz CT molecular complexity index is 832. The molecule has 0 spiro atoms. The van der Waals surface area contributed by atoms with E-state index >= 15 is 0 Å². The molecule has 0 heterocycles. The van der Waals surface area contributed by atoms with Crippen LogP contribution in [0.1, 0.15) is 17.5 Å². The van der Waals surface area contributed by atoms with E-state index in [1.54, 1.807) is 49.6 Å². The van der Waals surface area contributed by atoms with Crippen molar-refractivity contribution in [3.63, 3.8) is 0 Å². The van der Waals surface area contributed by atoms with Gasteiger partial charge >= 0.3 is 0 Å². The molecule has 0 aliphatic rings. The maximum Gasteiger partial charge on any atom is 0.163 e. The Kier molecular flexibility index (Phi) is 6.74. The highest BCUT2D eigenvalue weighted by atomic mass is 16.5. The number of benzene rings is 2. The van der Waals surface area contributed by atoms with E-state index in [-0.39, 0.29) is 23.7 Å². The van der Waals surface area contributed by atoms with Gasteiger partial charge in [-0.3, -0.25) is 9.59 Å². The van der Waals surface area contributed by atoms with Gasteiger partial charge in [0.2, 0.25) is 0 Å². The van der Waals surface area contributed by atoms with Gasteiger partial charge in [0.05, 0.1) is 20.6 Å². The summed E-state index contributed by atoms with van der Waals surface area (Å²) in [5, 5.41) is 9.21. The largest absolute Gasteiger partial charge is 0.508 e. The molecule has 0 aliphatic heterocycles. The highest BCUT2D eigenvalue weighted by Crippen LogP contribution is 2.27. The van der Waals surface area contributed by atoms with Crippen LogP contribution in [0, 0.1) is 0 Å². The Labute approximate surface area is 152 Å². The first-order valence-corrected chi connectivity index (χ1v) is 7.94. The zero-order valence-corrected chi connectivity index (χ0v) is 14.6. The average molecular weight is 352 g/mol. The molecule has 0 atom stereocenters. The minimum Gasteiger partial charge on any atom is -0.508 e. The lowest BCUT2D eigenvalue weighted by Crippen LogP contribution is -2.01. The Morgan fingerprint density at radius 1 is 0.846 bits per heavy atom. The van der Waals surface area contributed by atoms with Crippen LogP contribution in [0.3, 0.4) is 0 Å². The minimum absolute atomic E-state index is 0.156. The van der Waals surface area contributed by atoms with Gasteiger partial charge in [-0.1, -0.05) is 30.4 Å². The molecular weight excluding hydrogens is 332 g/mol. The van der Waals surface area contributed by atoms with E-state index in [0.29, 0.717) is 11.5 Å². The quantitative estimate of drug-likeness (QED) is 0.580. The molecule has 0 amide bonds. The van der Waals surface area contributed by atoms with Crippen LogP contribution in [0.4, 0.5) is 0 Å². The summed E-state index contributed by atoms with van der Waals surface area (Å²) < 4.78 is 10.4. The molecular formula is C21H20O5. The van der Waals surface area contributed by atoms with Gasteiger partial charge in [0.1, 0.15) is 5.75 Å². The fourth-order valence-electron chi connectivity index (χ4n) is 2.21. The van der Waals surface area contributed by atoms with Crippen molar-refractivity contribution < 1.29 is 24.2 Å². The van der Waals surface area contributed by atoms with Crippen LogP contribution in [0.25, 0.3) is 12.2 Å². The van der Waals surface area contributed by atoms with Crippen molar-refractivity contribution in [2.24, 2.45) is 0 Å². The second-order valence-electron chi connectivity index (χ2n) is 5.48. The maximum absolute atomic E-state index is 11.9. The van der Waals surface area contributed by atoms with Gasteiger partial charge in [-0.25, -0.2) is 0 Å². The lowest BCUT2D eigenvalue weighted by Gasteiger charge is -2.07. The normalized spacial score (nSPS) is 11.0. The Morgan fingerprint density at radius 3 is 1.96 bits per heavy atom. The summed E-state index contributed by atoms with van der Waals surface area (Å²) in [5.41, 5.74) is 1.53. The van der Waals surface area contributed by atoms with Crippen molar-refractivity contribution in [2.45, 2.75) is 6.42 Å². The molecule has 0 aliphatic carbocycles. The Morgan fingerprint density at radius 2 is 1.38 bits per heavy atom. The van der Waals surface area contributed by atoms with Crippen LogP contribution in [0.15, 0.2) is 54.6 Å². The topological polar surface area (TPSA) is 72.8 Å². The Hall–Kier alpha value is -3.34. The van der Waals surface area contributed by atoms with Crippen LogP contribution in [0.5, 0.6) is 17.2 Å². The van der Waals surface area contributed by atoms with Gasteiger partial charge in [-0.05, 0) is 47.5 Å². The van der Waals surface area contributed by atoms with E-state index in [9.17, 15) is 14.7 Å². The van der Waals surface area contributed by atoms with Gasteiger partial charge in [-0.2, -0.15) is 0 Å². The molecule has 0 radical (unpaired) electrons. The van der Waals surface area contributed by atoms with Crippen molar-refractivity contribution in [3.05, 3.63) is 65.7 Å². The number of rotatable bonds is 8. The Balaban J connectivity index is 1.94. The van der Waals surface area contributed by atoms with Crippen molar-refractivity contribution in [2.75, 3.05) is 14.2 Å². The van der Waals surface area contributed by atoms with E-state index in [2.05, 4.69) is 0 Å². The second-order valence-corrected chi connectivity index (χ2v) is 5.48. The number of aromatic hydroxyl groups is 1. The number of ether oxygens (including phenoxy) is 2. The van der Waals surface area contributed by atoms with E-state index in [1.807, 2.05) is 0 Å². The number of hydrogen-bond donors (Lipinski definition) is 1. The van der Waals surface area contributed by atoms with E-state index in [0.717, 1.165) is 11.1 Å². The maximum atomic E-state index is 11.9. The smallest absolute Gasteiger partial charge is 0.163 e. The molecule has 5 nitrogen and oxygen atoms in total. The lowest BCUT2D eigenvalue weighted by molar-refractivity contribution is -0.121. The molecule has 2 aromatic carbocycles. The van der Waals surface area contributed by atoms with Gasteiger partial charge in [-0.15, -0.1) is 0 Å². The molecule has 0 saturated carbocycles. The van der Waals surface area contributed by atoms with Crippen molar-refractivity contribution in [1.29, 1.82) is 0 Å². The number of phenolic OH excluding ortho intramolecular Hbond substituents is 1. The van der Waals surface area contributed by atoms with Gasteiger partial charge in [0.15, 0.2) is 23.1 Å². The summed E-state index contributed by atoms with van der Waals surface area (Å²) in [6, 6.07) is 11.7. The van der Waals surface area contributed by atoms with Crippen molar-refractivity contribution in [1.82, 2.24) is 0 Å². The van der Waals surface area contributed by atoms with Crippen molar-refractivity contribution >= 4 is 23.7 Å². The minimum atomic E-state index is -0.292. The first kappa shape index (κ1) is 19.0. The van der Waals surface area contributed by atoms with E-state index in [4.69, 9.17) is 9.47 Å². The predicted molar refractivity (Wildman–Crippen MR) is 100 cm³/mol. The first-order chi connectivity index (χ1) is 12.5. The van der Waals surface area contributed by atoms with Crippen LogP contribution in [-0.2, 0) is 9.59 Å². The highest BCUT2D eigenvalue weighted by Gasteiger charge is 2.05. The molecule has 0 unspecified atom stereocenters. The fourth-order valence-corrected chi connectivity index (χ4v) is 2.21. The number of carbonyl (C=O) groups is 2. The lowest BCUT2D eigenvalue weighted by atomic mass is 10.1. The third-order valence-corrected chi connectivity index (χ3v) is 3.57. The average Bonchev–Trinajstić information content (AvgIpc) is 2.65. The highest BCUT2D eigenvalue weighted by molar-refractivity contribution is 6.10. The number of methoxy groups -OCH3 is 2. The third kappa shape index (κ3) is 5.63. The number of carbonyl (C=O) groups excluding carboxylic acids is 2. The summed E-state index contributed by atoms with van der Waals surface area (Å²) in [7, 11) is 3.09. The number of ketones is 2. The summed E-state index contributed by atoms with van der Waals surface area (Å²) in [6.07, 6.45) is 5.74. The SMILES string of the molecule is COc1ccc(/C=C/C(=O)CC(=O)/C=C/c2ccc(O)cc2)cc1OC. The van der Waals surface area contributed by atoms with Crippen LogP contribution >= 0.6 is 0 Å². The molecule has 2 rings (SSSR count). The number of phenols is 1. The number of hydrogen-bond acceptors (Lipinski definition) is 5. The zero-order chi connectivity index (χ0) is 18.9. The van der Waals surface area contributed by atoms with Gasteiger partial charge in [0, 0.05) is 0 Å². The molecule has 0 bridgehead atoms. The summed E-state index contributed by atoms with van der Waals surface area (Å²) in [4.78, 5) is 23.8. The molecule has 1 N–H and O–H groups in total. The molecule has 0 saturated heterocycles. The monoisotopic (exact) mass is 352 g/mol. The third-order valence-electron chi connectivity index (χ3n) is 3.57. The summed E-state index contributed by atoms with van der Waals surface area (Å²) >= 11 is 0. The second kappa shape index (κ2) is 9.22. The van der Waals surface area contributed by atoms with Crippen LogP contribution in [0.2, 0.25) is 0 Å². The molecule has 134 valence electrons. The van der Waals surface area contributed by atoms with Crippen LogP contribution < -0.4 is 9.47 Å². The van der Waals surface area contributed by atoms with E-state index in [1.165, 1.54) is 31.4 Å². The standard InChI is InChI=1S/C21H20O5/c1-25-20-12-7-16(13-21(20)26-2)6-11-19(24)14-18(23)10-5-15-3-8-17(22)9-4-15/h3-13,22H,14H2,1-2H3/b10-5+,11-6+. The van der Waals surface area contributed by atoms with Crippen molar-refractivity contribution in [3.8, 4) is 17.2 Å². The number of allylic oxidation sites excluding steroid dienone is 2. The summed E-state index contributed by atoms with van der Waals surface area (Å²) in [5.74, 6) is 0.740. The van der Waals surface area contributed by atoms with Gasteiger partial charge < -0.3 is 14.6 Å². The van der Waals surface area contributed by atoms with E-state index < -0.39 is 0 Å². The van der Waals surface area contributed by atoms with Gasteiger partial charge in [0.25, 0.3) is 0 Å². The predicted octanol–water partition coefficient (Wildman–Crippen LogP) is 3.66. The summed E-state index contributed by atoms with van der Waals surface area (Å²) in [6.45, 7) is 0. The molecule has 0 aromatic heterocycles. The molecule has 0 fully saturated rings. The molecule has 2 aromatic rings. The fraction of sp³-hybridized carbons (Fsp3) is 0.143. The van der Waals surface area contributed by atoms with Crippen LogP contribution in [-0.4, -0.2) is 30.9 Å². The molecule has 5 heteroatoms. The first-order valence-electron chi connectivity index (χ1n) is 7.94. The zero-order valence-electron chi connectivity index (χ0n) is 14.6.